The van der Waals surface area contributed by atoms with E-state index in [9.17, 15) is 19.7 Å². The van der Waals surface area contributed by atoms with Crippen molar-refractivity contribution in [2.24, 2.45) is 0 Å². The van der Waals surface area contributed by atoms with Crippen LogP contribution in [0, 0.1) is 10.1 Å². The minimum atomic E-state index is -0.579. The van der Waals surface area contributed by atoms with E-state index in [2.05, 4.69) is 10.3 Å². The number of para-hydroxylation sites is 1. The zero-order valence-corrected chi connectivity index (χ0v) is 16.9. The van der Waals surface area contributed by atoms with Crippen LogP contribution in [0.3, 0.4) is 0 Å². The molecule has 1 N–H and O–H groups in total. The average Bonchev–Trinajstić information content (AvgIpc) is 2.77. The van der Waals surface area contributed by atoms with Gasteiger partial charge in [-0.1, -0.05) is 42.1 Å². The molecule has 3 aromatic carbocycles. The number of benzene rings is 3. The van der Waals surface area contributed by atoms with Gasteiger partial charge in [-0.05, 0) is 30.3 Å². The summed E-state index contributed by atoms with van der Waals surface area (Å²) >= 11 is 1.51. The Hall–Kier alpha value is -3.98. The summed E-state index contributed by atoms with van der Waals surface area (Å²) in [5.74, 6) is -0.408. The van der Waals surface area contributed by atoms with Crippen LogP contribution in [-0.4, -0.2) is 20.4 Å². The Morgan fingerprint density at radius 2 is 1.81 bits per heavy atom. The molecule has 0 radical (unpaired) electrons. The maximum atomic E-state index is 12.7. The van der Waals surface area contributed by atoms with Crippen LogP contribution < -0.4 is 10.9 Å². The Morgan fingerprint density at radius 3 is 2.58 bits per heavy atom. The van der Waals surface area contributed by atoms with E-state index in [1.54, 1.807) is 6.07 Å². The quantitative estimate of drug-likeness (QED) is 0.363. The predicted molar refractivity (Wildman–Crippen MR) is 118 cm³/mol. The molecule has 0 unspecified atom stereocenters. The predicted octanol–water partition coefficient (Wildman–Crippen LogP) is 4.09. The number of non-ortho nitro benzene ring substituents is 1. The molecule has 0 atom stereocenters. The molecule has 0 aliphatic carbocycles. The number of carbonyl (C=O) groups excluding carboxylic acids is 1. The van der Waals surface area contributed by atoms with Crippen molar-refractivity contribution < 1.29 is 9.72 Å². The van der Waals surface area contributed by atoms with Gasteiger partial charge in [0.15, 0.2) is 0 Å². The van der Waals surface area contributed by atoms with Gasteiger partial charge >= 0.3 is 0 Å². The van der Waals surface area contributed by atoms with Gasteiger partial charge in [-0.25, -0.2) is 4.98 Å². The van der Waals surface area contributed by atoms with Crippen molar-refractivity contribution >= 4 is 39.9 Å². The molecule has 4 aromatic rings. The van der Waals surface area contributed by atoms with E-state index in [1.165, 1.54) is 36.3 Å². The van der Waals surface area contributed by atoms with Crippen molar-refractivity contribution in [1.29, 1.82) is 0 Å². The standard InChI is InChI=1S/C22H16N4O4S/c27-21(24-19-8-4-5-9-20(19)31-16-6-2-1-3-7-16)13-25-14-23-18-11-10-15(26(29)30)12-17(18)22(25)28/h1-12,14H,13H2,(H,24,27). The fourth-order valence-electron chi connectivity index (χ4n) is 2.99. The third kappa shape index (κ3) is 4.62. The summed E-state index contributed by atoms with van der Waals surface area (Å²) in [6.45, 7) is -0.269. The van der Waals surface area contributed by atoms with Crippen molar-refractivity contribution in [3.8, 4) is 0 Å². The van der Waals surface area contributed by atoms with Crippen molar-refractivity contribution in [3.63, 3.8) is 0 Å². The Balaban J connectivity index is 1.56. The van der Waals surface area contributed by atoms with Gasteiger partial charge in [0, 0.05) is 21.9 Å². The molecule has 0 spiro atoms. The number of nitrogens with zero attached hydrogens (tertiary/aromatic N) is 3. The topological polar surface area (TPSA) is 107 Å². The number of aromatic nitrogens is 2. The maximum absolute atomic E-state index is 12.7. The van der Waals surface area contributed by atoms with Crippen LogP contribution in [0.5, 0.6) is 0 Å². The SMILES string of the molecule is O=C(Cn1cnc2ccc([N+](=O)[O-])cc2c1=O)Nc1ccccc1Sc1ccccc1. The van der Waals surface area contributed by atoms with Crippen molar-refractivity contribution in [2.75, 3.05) is 5.32 Å². The molecule has 0 fully saturated rings. The number of amides is 1. The molecule has 0 saturated carbocycles. The molecule has 4 rings (SSSR count). The average molecular weight is 432 g/mol. The molecule has 9 heteroatoms. The highest BCUT2D eigenvalue weighted by molar-refractivity contribution is 7.99. The van der Waals surface area contributed by atoms with Crippen LogP contribution in [0.4, 0.5) is 11.4 Å². The monoisotopic (exact) mass is 432 g/mol. The first kappa shape index (κ1) is 20.3. The molecule has 0 saturated heterocycles. The first-order chi connectivity index (χ1) is 15.0. The summed E-state index contributed by atoms with van der Waals surface area (Å²) in [6.07, 6.45) is 1.26. The maximum Gasteiger partial charge on any atom is 0.270 e. The fraction of sp³-hybridized carbons (Fsp3) is 0.0455. The van der Waals surface area contributed by atoms with Crippen molar-refractivity contribution in [3.05, 3.63) is 99.6 Å². The van der Waals surface area contributed by atoms with E-state index in [1.807, 2.05) is 48.5 Å². The van der Waals surface area contributed by atoms with E-state index in [0.717, 1.165) is 14.4 Å². The molecule has 31 heavy (non-hydrogen) atoms. The van der Waals surface area contributed by atoms with Crippen LogP contribution in [-0.2, 0) is 11.3 Å². The third-order valence-electron chi connectivity index (χ3n) is 4.46. The number of nitro groups is 1. The second-order valence-electron chi connectivity index (χ2n) is 6.60. The van der Waals surface area contributed by atoms with Gasteiger partial charge in [0.25, 0.3) is 11.2 Å². The lowest BCUT2D eigenvalue weighted by molar-refractivity contribution is -0.384. The first-order valence-electron chi connectivity index (χ1n) is 9.26. The van der Waals surface area contributed by atoms with E-state index in [4.69, 9.17) is 0 Å². The number of nitro benzene ring substituents is 1. The second kappa shape index (κ2) is 8.80. The molecule has 0 aliphatic rings. The molecule has 1 amide bonds. The molecule has 1 aromatic heterocycles. The number of hydrogen-bond acceptors (Lipinski definition) is 6. The van der Waals surface area contributed by atoms with E-state index >= 15 is 0 Å². The normalized spacial score (nSPS) is 10.7. The number of carbonyl (C=O) groups is 1. The summed E-state index contributed by atoms with van der Waals surface area (Å²) in [4.78, 5) is 41.8. The molecule has 8 nitrogen and oxygen atoms in total. The lowest BCUT2D eigenvalue weighted by Crippen LogP contribution is -2.28. The van der Waals surface area contributed by atoms with E-state index < -0.39 is 16.4 Å². The highest BCUT2D eigenvalue weighted by atomic mass is 32.2. The van der Waals surface area contributed by atoms with E-state index in [-0.39, 0.29) is 17.6 Å². The van der Waals surface area contributed by atoms with Gasteiger partial charge in [-0.2, -0.15) is 0 Å². The number of hydrogen-bond donors (Lipinski definition) is 1. The molecule has 0 aliphatic heterocycles. The van der Waals surface area contributed by atoms with Crippen LogP contribution in [0.15, 0.2) is 93.7 Å². The summed E-state index contributed by atoms with van der Waals surface area (Å²) < 4.78 is 1.13. The Labute approximate surface area is 180 Å². The van der Waals surface area contributed by atoms with Crippen LogP contribution in [0.1, 0.15) is 0 Å². The van der Waals surface area contributed by atoms with Gasteiger partial charge < -0.3 is 5.32 Å². The largest absolute Gasteiger partial charge is 0.323 e. The van der Waals surface area contributed by atoms with Crippen molar-refractivity contribution in [2.45, 2.75) is 16.3 Å². The molecule has 154 valence electrons. The summed E-state index contributed by atoms with van der Waals surface area (Å²) in [7, 11) is 0. The summed E-state index contributed by atoms with van der Waals surface area (Å²) in [5.41, 5.74) is 0.229. The molecular weight excluding hydrogens is 416 g/mol. The third-order valence-corrected chi connectivity index (χ3v) is 5.55. The lowest BCUT2D eigenvalue weighted by atomic mass is 10.2. The van der Waals surface area contributed by atoms with Crippen LogP contribution in [0.2, 0.25) is 0 Å². The first-order valence-corrected chi connectivity index (χ1v) is 10.1. The van der Waals surface area contributed by atoms with Gasteiger partial charge in [-0.15, -0.1) is 0 Å². The highest BCUT2D eigenvalue weighted by Gasteiger charge is 2.13. The minimum Gasteiger partial charge on any atom is -0.323 e. The summed E-state index contributed by atoms with van der Waals surface area (Å²) in [5, 5.41) is 13.9. The zero-order chi connectivity index (χ0) is 21.8. The highest BCUT2D eigenvalue weighted by Crippen LogP contribution is 2.33. The van der Waals surface area contributed by atoms with Crippen molar-refractivity contribution in [1.82, 2.24) is 9.55 Å². The molecule has 0 bridgehead atoms. The number of anilines is 1. The summed E-state index contributed by atoms with van der Waals surface area (Å²) in [6, 6.07) is 21.0. The minimum absolute atomic E-state index is 0.0875. The Morgan fingerprint density at radius 1 is 1.06 bits per heavy atom. The van der Waals surface area contributed by atoms with Crippen LogP contribution >= 0.6 is 11.8 Å². The fourth-order valence-corrected chi connectivity index (χ4v) is 3.91. The Bertz CT molecular complexity index is 1340. The number of rotatable bonds is 6. The van der Waals surface area contributed by atoms with Gasteiger partial charge in [0.1, 0.15) is 6.54 Å². The molecular formula is C22H16N4O4S. The number of nitrogens with one attached hydrogen (secondary N) is 1. The zero-order valence-electron chi connectivity index (χ0n) is 16.1. The van der Waals surface area contributed by atoms with Gasteiger partial charge in [0.2, 0.25) is 5.91 Å². The van der Waals surface area contributed by atoms with Gasteiger partial charge in [0.05, 0.1) is 27.8 Å². The molecule has 1 heterocycles. The smallest absolute Gasteiger partial charge is 0.270 e. The van der Waals surface area contributed by atoms with Gasteiger partial charge in [-0.3, -0.25) is 24.3 Å². The lowest BCUT2D eigenvalue weighted by Gasteiger charge is -2.12. The van der Waals surface area contributed by atoms with E-state index in [0.29, 0.717) is 11.2 Å². The Kier molecular flexibility index (Phi) is 5.76. The second-order valence-corrected chi connectivity index (χ2v) is 7.71. The van der Waals surface area contributed by atoms with Crippen LogP contribution in [0.25, 0.3) is 10.9 Å². The number of fused-ring (bicyclic) bond motifs is 1.